The lowest BCUT2D eigenvalue weighted by atomic mass is 9.99. The van der Waals surface area contributed by atoms with Crippen molar-refractivity contribution in [2.45, 2.75) is 26.2 Å². The quantitative estimate of drug-likeness (QED) is 0.566. The number of nitro benzene ring substituents is 1. The molecule has 0 heterocycles. The molecule has 1 N–H and O–H groups in total. The largest absolute Gasteiger partial charge is 0.495 e. The van der Waals surface area contributed by atoms with Crippen molar-refractivity contribution in [3.63, 3.8) is 0 Å². The van der Waals surface area contributed by atoms with Gasteiger partial charge in [-0.2, -0.15) is 0 Å². The number of nitrogens with zero attached hydrogens (tertiary/aromatic N) is 1. The third kappa shape index (κ3) is 4.95. The maximum atomic E-state index is 12.1. The Hall–Kier alpha value is -3.09. The van der Waals surface area contributed by atoms with Gasteiger partial charge in [-0.15, -0.1) is 0 Å². The van der Waals surface area contributed by atoms with Crippen molar-refractivity contribution in [2.24, 2.45) is 0 Å². The van der Waals surface area contributed by atoms with Crippen molar-refractivity contribution in [2.75, 3.05) is 19.0 Å². The van der Waals surface area contributed by atoms with Crippen LogP contribution in [-0.4, -0.2) is 24.5 Å². The fraction of sp³-hybridized carbons (Fsp3) is 0.316. The van der Waals surface area contributed by atoms with Gasteiger partial charge in [-0.05, 0) is 36.1 Å². The fourth-order valence-corrected chi connectivity index (χ4v) is 2.37. The van der Waals surface area contributed by atoms with Crippen molar-refractivity contribution in [3.05, 3.63) is 58.1 Å². The summed E-state index contributed by atoms with van der Waals surface area (Å²) in [4.78, 5) is 22.4. The van der Waals surface area contributed by atoms with Crippen LogP contribution in [0, 0.1) is 10.1 Å². The Morgan fingerprint density at radius 3 is 2.50 bits per heavy atom. The zero-order valence-corrected chi connectivity index (χ0v) is 15.0. The van der Waals surface area contributed by atoms with Crippen LogP contribution in [0.2, 0.25) is 0 Å². The highest BCUT2D eigenvalue weighted by Crippen LogP contribution is 2.29. The van der Waals surface area contributed by atoms with Crippen LogP contribution in [0.1, 0.15) is 31.7 Å². The average Bonchev–Trinajstić information content (AvgIpc) is 2.66. The second-order valence-electron chi connectivity index (χ2n) is 5.86. The number of carbonyl (C=O) groups is 1. The molecule has 0 aromatic heterocycles. The number of rotatable bonds is 8. The van der Waals surface area contributed by atoms with Crippen LogP contribution in [0.25, 0.3) is 0 Å². The number of anilines is 1. The third-order valence-corrected chi connectivity index (χ3v) is 4.10. The van der Waals surface area contributed by atoms with Gasteiger partial charge in [0, 0.05) is 12.1 Å². The number of nitro groups is 1. The van der Waals surface area contributed by atoms with E-state index >= 15 is 0 Å². The van der Waals surface area contributed by atoms with E-state index in [1.807, 2.05) is 24.3 Å². The molecular formula is C19H22N2O5. The Morgan fingerprint density at radius 2 is 1.92 bits per heavy atom. The van der Waals surface area contributed by atoms with E-state index in [-0.39, 0.29) is 18.0 Å². The number of methoxy groups -OCH3 is 1. The van der Waals surface area contributed by atoms with Gasteiger partial charge < -0.3 is 14.8 Å². The highest BCUT2D eigenvalue weighted by atomic mass is 16.6. The van der Waals surface area contributed by atoms with Crippen LogP contribution in [0.3, 0.4) is 0 Å². The maximum Gasteiger partial charge on any atom is 0.271 e. The molecule has 0 saturated carbocycles. The normalized spacial score (nSPS) is 11.5. The number of nitrogens with one attached hydrogen (secondary N) is 1. The lowest BCUT2D eigenvalue weighted by molar-refractivity contribution is -0.384. The first-order valence-electron chi connectivity index (χ1n) is 8.29. The minimum Gasteiger partial charge on any atom is -0.495 e. The van der Waals surface area contributed by atoms with Crippen molar-refractivity contribution in [1.29, 1.82) is 0 Å². The Morgan fingerprint density at radius 1 is 1.23 bits per heavy atom. The second-order valence-corrected chi connectivity index (χ2v) is 5.86. The van der Waals surface area contributed by atoms with Crippen molar-refractivity contribution in [3.8, 4) is 11.5 Å². The van der Waals surface area contributed by atoms with E-state index in [0.29, 0.717) is 17.4 Å². The van der Waals surface area contributed by atoms with Gasteiger partial charge in [0.05, 0.1) is 17.7 Å². The lowest BCUT2D eigenvalue weighted by Gasteiger charge is -2.12. The minimum atomic E-state index is -0.537. The molecule has 2 aromatic rings. The van der Waals surface area contributed by atoms with Gasteiger partial charge in [-0.25, -0.2) is 0 Å². The van der Waals surface area contributed by atoms with Crippen LogP contribution in [-0.2, 0) is 4.79 Å². The van der Waals surface area contributed by atoms with Crippen molar-refractivity contribution >= 4 is 17.3 Å². The van der Waals surface area contributed by atoms with E-state index < -0.39 is 10.8 Å². The lowest BCUT2D eigenvalue weighted by Crippen LogP contribution is -2.20. The zero-order chi connectivity index (χ0) is 19.1. The number of hydrogen-bond donors (Lipinski definition) is 1. The van der Waals surface area contributed by atoms with Crippen LogP contribution < -0.4 is 14.8 Å². The van der Waals surface area contributed by atoms with Crippen LogP contribution in [0.4, 0.5) is 11.4 Å². The van der Waals surface area contributed by atoms with E-state index in [2.05, 4.69) is 19.2 Å². The number of carbonyl (C=O) groups excluding carboxylic acids is 1. The van der Waals surface area contributed by atoms with E-state index in [1.54, 1.807) is 0 Å². The molecule has 7 heteroatoms. The summed E-state index contributed by atoms with van der Waals surface area (Å²) in [7, 11) is 1.42. The summed E-state index contributed by atoms with van der Waals surface area (Å²) in [6.45, 7) is 4.06. The molecule has 138 valence electrons. The first kappa shape index (κ1) is 19.2. The number of ether oxygens (including phenoxy) is 2. The molecule has 1 amide bonds. The number of benzene rings is 2. The summed E-state index contributed by atoms with van der Waals surface area (Å²) < 4.78 is 10.6. The molecule has 0 radical (unpaired) electrons. The molecule has 0 aliphatic carbocycles. The van der Waals surface area contributed by atoms with Crippen molar-refractivity contribution < 1.29 is 19.2 Å². The minimum absolute atomic E-state index is 0.136. The predicted molar refractivity (Wildman–Crippen MR) is 98.9 cm³/mol. The molecule has 7 nitrogen and oxygen atoms in total. The van der Waals surface area contributed by atoms with Gasteiger partial charge >= 0.3 is 0 Å². The van der Waals surface area contributed by atoms with Crippen LogP contribution in [0.5, 0.6) is 11.5 Å². The number of amides is 1. The smallest absolute Gasteiger partial charge is 0.271 e. The van der Waals surface area contributed by atoms with Gasteiger partial charge in [-0.1, -0.05) is 26.0 Å². The van der Waals surface area contributed by atoms with Gasteiger partial charge in [0.2, 0.25) is 0 Å². The average molecular weight is 358 g/mol. The summed E-state index contributed by atoms with van der Waals surface area (Å²) in [5.74, 6) is 0.948. The van der Waals surface area contributed by atoms with Gasteiger partial charge in [0.1, 0.15) is 11.5 Å². The van der Waals surface area contributed by atoms with Crippen LogP contribution >= 0.6 is 0 Å². The third-order valence-electron chi connectivity index (χ3n) is 4.10. The van der Waals surface area contributed by atoms with E-state index in [1.165, 1.54) is 30.9 Å². The Balaban J connectivity index is 1.98. The van der Waals surface area contributed by atoms with Gasteiger partial charge in [0.25, 0.3) is 11.6 Å². The topological polar surface area (TPSA) is 90.7 Å². The summed E-state index contributed by atoms with van der Waals surface area (Å²) in [5, 5.41) is 13.4. The van der Waals surface area contributed by atoms with Crippen LogP contribution in [0.15, 0.2) is 42.5 Å². The molecule has 0 aliphatic rings. The highest BCUT2D eigenvalue weighted by Gasteiger charge is 2.14. The number of non-ortho nitro benzene ring substituents is 1. The standard InChI is InChI=1S/C19H22N2O5/c1-4-13(2)14-5-8-16(9-6-14)26-12-19(22)20-17-11-15(21(23)24)7-10-18(17)25-3/h5-11,13H,4,12H2,1-3H3,(H,20,22)/t13-/m1/s1. The summed E-state index contributed by atoms with van der Waals surface area (Å²) in [5.41, 5.74) is 1.30. The summed E-state index contributed by atoms with van der Waals surface area (Å²) >= 11 is 0. The molecule has 0 bridgehead atoms. The summed E-state index contributed by atoms with van der Waals surface area (Å²) in [6.07, 6.45) is 1.05. The maximum absolute atomic E-state index is 12.1. The molecule has 2 aromatic carbocycles. The van der Waals surface area contributed by atoms with Gasteiger partial charge in [0.15, 0.2) is 6.61 Å². The Bertz CT molecular complexity index is 774. The molecule has 0 fully saturated rings. The van der Waals surface area contributed by atoms with E-state index in [0.717, 1.165) is 6.42 Å². The van der Waals surface area contributed by atoms with Crippen molar-refractivity contribution in [1.82, 2.24) is 0 Å². The molecule has 0 saturated heterocycles. The molecular weight excluding hydrogens is 336 g/mol. The zero-order valence-electron chi connectivity index (χ0n) is 15.0. The second kappa shape index (κ2) is 8.84. The Kier molecular flexibility index (Phi) is 6.54. The predicted octanol–water partition coefficient (Wildman–Crippen LogP) is 4.13. The van der Waals surface area contributed by atoms with E-state index in [4.69, 9.17) is 9.47 Å². The molecule has 2 rings (SSSR count). The number of hydrogen-bond acceptors (Lipinski definition) is 5. The van der Waals surface area contributed by atoms with E-state index in [9.17, 15) is 14.9 Å². The molecule has 0 unspecified atom stereocenters. The first-order chi connectivity index (χ1) is 12.4. The molecule has 0 spiro atoms. The first-order valence-corrected chi connectivity index (χ1v) is 8.29. The molecule has 26 heavy (non-hydrogen) atoms. The molecule has 0 aliphatic heterocycles. The SMILES string of the molecule is CC[C@@H](C)c1ccc(OCC(=O)Nc2cc([N+](=O)[O-])ccc2OC)cc1. The van der Waals surface area contributed by atoms with Gasteiger partial charge in [-0.3, -0.25) is 14.9 Å². The monoisotopic (exact) mass is 358 g/mol. The summed E-state index contributed by atoms with van der Waals surface area (Å²) in [6, 6.07) is 11.6. The molecule has 1 atom stereocenters. The highest BCUT2D eigenvalue weighted by molar-refractivity contribution is 5.93. The fourth-order valence-electron chi connectivity index (χ4n) is 2.37. The Labute approximate surface area is 152 Å².